The normalized spacial score (nSPS) is 18.3. The molecule has 2 fully saturated rings. The lowest BCUT2D eigenvalue weighted by molar-refractivity contribution is -0.153. The minimum Gasteiger partial charge on any atom is -0.493 e. The van der Waals surface area contributed by atoms with Crippen LogP contribution in [0.3, 0.4) is 0 Å². The van der Waals surface area contributed by atoms with E-state index in [1.807, 2.05) is 18.7 Å². The molecule has 2 atom stereocenters. The van der Waals surface area contributed by atoms with Crippen LogP contribution in [0.4, 0.5) is 9.18 Å². The maximum absolute atomic E-state index is 14.9. The molecule has 2 aromatic rings. The van der Waals surface area contributed by atoms with Gasteiger partial charge in [-0.15, -0.1) is 0 Å². The third-order valence-corrected chi connectivity index (χ3v) is 8.63. The molecule has 1 saturated carbocycles. The smallest absolute Gasteiger partial charge is 0.410 e. The van der Waals surface area contributed by atoms with E-state index in [1.54, 1.807) is 44.1 Å². The van der Waals surface area contributed by atoms with Gasteiger partial charge in [-0.1, -0.05) is 6.07 Å². The Bertz CT molecular complexity index is 1360. The first-order valence-corrected chi connectivity index (χ1v) is 16.3. The summed E-state index contributed by atoms with van der Waals surface area (Å²) in [5, 5.41) is 4.10. The van der Waals surface area contributed by atoms with Gasteiger partial charge in [0.25, 0.3) is 5.91 Å². The van der Waals surface area contributed by atoms with E-state index in [4.69, 9.17) is 18.9 Å². The van der Waals surface area contributed by atoms with Crippen LogP contribution in [-0.4, -0.2) is 104 Å². The molecule has 2 aliphatic rings. The SMILES string of the molecule is COCCCOc1cc(C(=O)N(C(C)C)[C@@H]2CC[C@H](CCN(C(=O)OCC(C)(C)C(=O)OC)C3CC3)NC2)nc2c(F)cccc12. The largest absolute Gasteiger partial charge is 0.493 e. The van der Waals surface area contributed by atoms with Gasteiger partial charge < -0.3 is 34.1 Å². The van der Waals surface area contributed by atoms with Crippen LogP contribution in [0.2, 0.25) is 0 Å². The summed E-state index contributed by atoms with van der Waals surface area (Å²) >= 11 is 0. The van der Waals surface area contributed by atoms with Crippen molar-refractivity contribution in [2.45, 2.75) is 90.4 Å². The van der Waals surface area contributed by atoms with Gasteiger partial charge in [-0.3, -0.25) is 9.59 Å². The fourth-order valence-corrected chi connectivity index (χ4v) is 5.90. The van der Waals surface area contributed by atoms with E-state index in [-0.39, 0.29) is 47.9 Å². The molecule has 1 aromatic carbocycles. The van der Waals surface area contributed by atoms with Crippen LogP contribution in [0, 0.1) is 11.2 Å². The number of amides is 2. The van der Waals surface area contributed by atoms with E-state index in [9.17, 15) is 18.8 Å². The highest BCUT2D eigenvalue weighted by molar-refractivity contribution is 5.97. The summed E-state index contributed by atoms with van der Waals surface area (Å²) in [7, 11) is 2.94. The zero-order valence-electron chi connectivity index (χ0n) is 28.0. The molecule has 11 nitrogen and oxygen atoms in total. The van der Waals surface area contributed by atoms with Gasteiger partial charge in [-0.2, -0.15) is 0 Å². The average molecular weight is 645 g/mol. The predicted octanol–water partition coefficient (Wildman–Crippen LogP) is 4.95. The van der Waals surface area contributed by atoms with Crippen molar-refractivity contribution in [2.24, 2.45) is 5.41 Å². The molecular weight excluding hydrogens is 595 g/mol. The number of rotatable bonds is 15. The number of piperidine rings is 1. The number of pyridine rings is 1. The topological polar surface area (TPSA) is 120 Å². The summed E-state index contributed by atoms with van der Waals surface area (Å²) in [6.45, 7) is 9.26. The molecular formula is C34H49FN4O7. The number of methoxy groups -OCH3 is 2. The van der Waals surface area contributed by atoms with Crippen molar-refractivity contribution in [3.63, 3.8) is 0 Å². The number of esters is 1. The van der Waals surface area contributed by atoms with Crippen LogP contribution < -0.4 is 10.1 Å². The maximum Gasteiger partial charge on any atom is 0.410 e. The van der Waals surface area contributed by atoms with Crippen molar-refractivity contribution in [3.8, 4) is 5.75 Å². The molecule has 4 rings (SSSR count). The fourth-order valence-electron chi connectivity index (χ4n) is 5.90. The summed E-state index contributed by atoms with van der Waals surface area (Å²) in [5.41, 5.74) is -0.675. The molecule has 46 heavy (non-hydrogen) atoms. The minimum absolute atomic E-state index is 0.0513. The van der Waals surface area contributed by atoms with Crippen molar-refractivity contribution < 1.29 is 37.7 Å². The number of aromatic nitrogens is 1. The lowest BCUT2D eigenvalue weighted by Gasteiger charge is -2.40. The van der Waals surface area contributed by atoms with E-state index >= 15 is 0 Å². The van der Waals surface area contributed by atoms with Gasteiger partial charge >= 0.3 is 12.1 Å². The molecule has 0 radical (unpaired) electrons. The van der Waals surface area contributed by atoms with Crippen LogP contribution in [0.25, 0.3) is 10.9 Å². The number of para-hydroxylation sites is 1. The lowest BCUT2D eigenvalue weighted by Crippen LogP contribution is -2.54. The van der Waals surface area contributed by atoms with Gasteiger partial charge in [0, 0.05) is 68.8 Å². The number of fused-ring (bicyclic) bond motifs is 1. The Morgan fingerprint density at radius 1 is 1.09 bits per heavy atom. The number of halogens is 1. The Labute approximate surface area is 271 Å². The molecule has 1 aromatic heterocycles. The number of nitrogens with one attached hydrogen (secondary N) is 1. The van der Waals surface area contributed by atoms with E-state index in [0.717, 1.165) is 32.1 Å². The van der Waals surface area contributed by atoms with Crippen LogP contribution in [0.1, 0.15) is 76.7 Å². The predicted molar refractivity (Wildman–Crippen MR) is 171 cm³/mol. The number of benzene rings is 1. The van der Waals surface area contributed by atoms with Crippen LogP contribution in [0.15, 0.2) is 24.3 Å². The second-order valence-electron chi connectivity index (χ2n) is 13.1. The van der Waals surface area contributed by atoms with Crippen LogP contribution >= 0.6 is 0 Å². The van der Waals surface area contributed by atoms with Crippen LogP contribution in [0.5, 0.6) is 5.75 Å². The molecule has 0 spiro atoms. The standard InChI is InChI=1S/C34H49FN4O7/c1-22(2)39(31(40)28-19-29(45-18-8-17-43-5)26-9-7-10-27(35)30(26)37-28)25-12-11-23(36-20-25)15-16-38(24-13-14-24)33(42)46-21-34(3,4)32(41)44-6/h7,9-10,19,22-25,36H,8,11-18,20-21H2,1-6H3/t23-,25-/m1/s1. The number of hydrogen-bond donors (Lipinski definition) is 1. The molecule has 1 N–H and O–H groups in total. The number of hydrogen-bond acceptors (Lipinski definition) is 9. The summed E-state index contributed by atoms with van der Waals surface area (Å²) < 4.78 is 36.3. The maximum atomic E-state index is 14.9. The first kappa shape index (κ1) is 35.3. The van der Waals surface area contributed by atoms with Crippen molar-refractivity contribution in [1.82, 2.24) is 20.1 Å². The second-order valence-corrected chi connectivity index (χ2v) is 13.1. The minimum atomic E-state index is -0.922. The zero-order valence-corrected chi connectivity index (χ0v) is 28.0. The number of nitrogens with zero attached hydrogens (tertiary/aromatic N) is 3. The first-order valence-electron chi connectivity index (χ1n) is 16.3. The summed E-state index contributed by atoms with van der Waals surface area (Å²) in [6, 6.07) is 6.41. The van der Waals surface area contributed by atoms with Gasteiger partial charge in [0.05, 0.1) is 19.1 Å². The van der Waals surface area contributed by atoms with Gasteiger partial charge in [0.2, 0.25) is 0 Å². The Hall–Kier alpha value is -3.51. The van der Waals surface area contributed by atoms with Crippen molar-refractivity contribution in [1.29, 1.82) is 0 Å². The lowest BCUT2D eigenvalue weighted by atomic mass is 9.95. The third kappa shape index (κ3) is 8.85. The number of carbonyl (C=O) groups is 3. The molecule has 0 bridgehead atoms. The first-order chi connectivity index (χ1) is 22.0. The van der Waals surface area contributed by atoms with E-state index < -0.39 is 23.3 Å². The molecule has 2 amide bonds. The molecule has 1 saturated heterocycles. The highest BCUT2D eigenvalue weighted by atomic mass is 19.1. The molecule has 2 heterocycles. The molecule has 12 heteroatoms. The molecule has 0 unspecified atom stereocenters. The highest BCUT2D eigenvalue weighted by Crippen LogP contribution is 2.31. The summed E-state index contributed by atoms with van der Waals surface area (Å²) in [4.78, 5) is 46.9. The molecule has 1 aliphatic heterocycles. The Morgan fingerprint density at radius 3 is 2.46 bits per heavy atom. The third-order valence-electron chi connectivity index (χ3n) is 8.63. The van der Waals surface area contributed by atoms with Crippen molar-refractivity contribution in [3.05, 3.63) is 35.8 Å². The van der Waals surface area contributed by atoms with Gasteiger partial charge in [0.1, 0.15) is 29.4 Å². The summed E-state index contributed by atoms with van der Waals surface area (Å²) in [6.07, 6.45) is 4.44. The van der Waals surface area contributed by atoms with Crippen LogP contribution in [-0.2, 0) is 19.0 Å². The van der Waals surface area contributed by atoms with E-state index in [1.165, 1.54) is 13.2 Å². The Morgan fingerprint density at radius 2 is 1.83 bits per heavy atom. The molecule has 1 aliphatic carbocycles. The number of ether oxygens (including phenoxy) is 4. The Balaban J connectivity index is 1.38. The van der Waals surface area contributed by atoms with Gasteiger partial charge in [-0.25, -0.2) is 14.2 Å². The van der Waals surface area contributed by atoms with Crippen molar-refractivity contribution >= 4 is 28.9 Å². The van der Waals surface area contributed by atoms with E-state index in [0.29, 0.717) is 43.9 Å². The zero-order chi connectivity index (χ0) is 33.4. The number of carbonyl (C=O) groups excluding carboxylic acids is 3. The highest BCUT2D eigenvalue weighted by Gasteiger charge is 2.37. The Kier molecular flexibility index (Phi) is 12.2. The quantitative estimate of drug-likeness (QED) is 0.212. The summed E-state index contributed by atoms with van der Waals surface area (Å²) in [5.74, 6) is -0.793. The monoisotopic (exact) mass is 644 g/mol. The van der Waals surface area contributed by atoms with Gasteiger partial charge in [0.15, 0.2) is 0 Å². The average Bonchev–Trinajstić information content (AvgIpc) is 3.88. The fraction of sp³-hybridized carbons (Fsp3) is 0.647. The second kappa shape index (κ2) is 15.9. The van der Waals surface area contributed by atoms with Crippen molar-refractivity contribution in [2.75, 3.05) is 47.1 Å². The molecule has 254 valence electrons. The van der Waals surface area contributed by atoms with Gasteiger partial charge in [-0.05, 0) is 71.9 Å². The van der Waals surface area contributed by atoms with E-state index in [2.05, 4.69) is 10.3 Å².